The van der Waals surface area contributed by atoms with Crippen LogP contribution in [0.2, 0.25) is 0 Å². The predicted molar refractivity (Wildman–Crippen MR) is 87.0 cm³/mol. The molecule has 0 saturated heterocycles. The number of sulfonamides is 1. The monoisotopic (exact) mass is 310 g/mol. The molecule has 118 valence electrons. The van der Waals surface area contributed by atoms with Crippen molar-refractivity contribution < 1.29 is 8.42 Å². The van der Waals surface area contributed by atoms with Gasteiger partial charge < -0.3 is 5.32 Å². The summed E-state index contributed by atoms with van der Waals surface area (Å²) in [6.07, 6.45) is 5.97. The maximum absolute atomic E-state index is 12.3. The van der Waals surface area contributed by atoms with Gasteiger partial charge in [-0.1, -0.05) is 45.2 Å². The van der Waals surface area contributed by atoms with Crippen molar-refractivity contribution in [2.75, 3.05) is 11.9 Å². The van der Waals surface area contributed by atoms with E-state index >= 15 is 0 Å². The summed E-state index contributed by atoms with van der Waals surface area (Å²) in [4.78, 5) is 0.352. The molecule has 1 aromatic carbocycles. The zero-order valence-electron chi connectivity index (χ0n) is 12.9. The highest BCUT2D eigenvalue weighted by molar-refractivity contribution is 7.89. The van der Waals surface area contributed by atoms with Gasteiger partial charge in [0.2, 0.25) is 10.0 Å². The Hall–Kier alpha value is -1.07. The second-order valence-electron chi connectivity index (χ2n) is 5.78. The van der Waals surface area contributed by atoms with Crippen LogP contribution in [-0.4, -0.2) is 21.0 Å². The van der Waals surface area contributed by atoms with Crippen LogP contribution < -0.4 is 10.0 Å². The number of hydrogen-bond donors (Lipinski definition) is 2. The molecule has 4 nitrogen and oxygen atoms in total. The fourth-order valence-electron chi connectivity index (χ4n) is 3.10. The van der Waals surface area contributed by atoms with Gasteiger partial charge in [0.1, 0.15) is 4.90 Å². The van der Waals surface area contributed by atoms with Gasteiger partial charge in [0.05, 0.1) is 5.69 Å². The minimum atomic E-state index is -3.42. The third kappa shape index (κ3) is 4.20. The van der Waals surface area contributed by atoms with E-state index in [1.54, 1.807) is 19.1 Å². The highest BCUT2D eigenvalue weighted by atomic mass is 32.2. The van der Waals surface area contributed by atoms with E-state index in [0.717, 1.165) is 24.4 Å². The second kappa shape index (κ2) is 7.27. The minimum absolute atomic E-state index is 0.352. The molecule has 2 rings (SSSR count). The van der Waals surface area contributed by atoms with Gasteiger partial charge in [-0.25, -0.2) is 13.1 Å². The molecule has 0 bridgehead atoms. The predicted octanol–water partition coefficient (Wildman–Crippen LogP) is 3.37. The van der Waals surface area contributed by atoms with Crippen molar-refractivity contribution in [3.63, 3.8) is 0 Å². The summed E-state index contributed by atoms with van der Waals surface area (Å²) < 4.78 is 27.1. The SMILES string of the molecule is CCNS(=O)(=O)c1ccccc1NC1CCCC(CC)C1. The minimum Gasteiger partial charge on any atom is -0.381 e. The Morgan fingerprint density at radius 3 is 2.67 bits per heavy atom. The van der Waals surface area contributed by atoms with Crippen molar-refractivity contribution in [2.45, 2.75) is 56.9 Å². The van der Waals surface area contributed by atoms with E-state index in [-0.39, 0.29) is 0 Å². The first-order chi connectivity index (χ1) is 10.1. The molecule has 5 heteroatoms. The lowest BCUT2D eigenvalue weighted by molar-refractivity contribution is 0.327. The van der Waals surface area contributed by atoms with Gasteiger partial charge in [0, 0.05) is 12.6 Å². The Balaban J connectivity index is 2.17. The molecule has 2 atom stereocenters. The van der Waals surface area contributed by atoms with E-state index in [1.165, 1.54) is 19.3 Å². The van der Waals surface area contributed by atoms with Crippen LogP contribution in [0.1, 0.15) is 46.0 Å². The maximum Gasteiger partial charge on any atom is 0.242 e. The fraction of sp³-hybridized carbons (Fsp3) is 0.625. The van der Waals surface area contributed by atoms with Crippen LogP contribution in [-0.2, 0) is 10.0 Å². The molecule has 1 aliphatic carbocycles. The summed E-state index contributed by atoms with van der Waals surface area (Å²) >= 11 is 0. The number of hydrogen-bond acceptors (Lipinski definition) is 3. The van der Waals surface area contributed by atoms with Crippen LogP contribution in [0.3, 0.4) is 0 Å². The summed E-state index contributed by atoms with van der Waals surface area (Å²) in [5, 5.41) is 3.46. The van der Waals surface area contributed by atoms with Crippen molar-refractivity contribution in [2.24, 2.45) is 5.92 Å². The highest BCUT2D eigenvalue weighted by Crippen LogP contribution is 2.30. The second-order valence-corrected chi connectivity index (χ2v) is 7.52. The topological polar surface area (TPSA) is 58.2 Å². The van der Waals surface area contributed by atoms with Crippen LogP contribution >= 0.6 is 0 Å². The summed E-state index contributed by atoms with van der Waals surface area (Å²) in [5.41, 5.74) is 0.722. The number of anilines is 1. The summed E-state index contributed by atoms with van der Waals surface area (Å²) in [6.45, 7) is 4.43. The molecule has 2 unspecified atom stereocenters. The van der Waals surface area contributed by atoms with Gasteiger partial charge in [0.25, 0.3) is 0 Å². The van der Waals surface area contributed by atoms with Crippen LogP contribution in [0.5, 0.6) is 0 Å². The van der Waals surface area contributed by atoms with E-state index in [9.17, 15) is 8.42 Å². The molecule has 21 heavy (non-hydrogen) atoms. The molecule has 1 saturated carbocycles. The zero-order valence-corrected chi connectivity index (χ0v) is 13.7. The molecule has 0 amide bonds. The van der Waals surface area contributed by atoms with Crippen LogP contribution in [0.15, 0.2) is 29.2 Å². The third-order valence-corrected chi connectivity index (χ3v) is 5.83. The molecule has 1 fully saturated rings. The average molecular weight is 310 g/mol. The van der Waals surface area contributed by atoms with E-state index in [1.807, 2.05) is 12.1 Å². The lowest BCUT2D eigenvalue weighted by atomic mass is 9.84. The smallest absolute Gasteiger partial charge is 0.242 e. The number of benzene rings is 1. The lowest BCUT2D eigenvalue weighted by Crippen LogP contribution is -2.29. The molecule has 1 aromatic rings. The van der Waals surface area contributed by atoms with Crippen LogP contribution in [0.4, 0.5) is 5.69 Å². The normalized spacial score (nSPS) is 23.0. The zero-order chi connectivity index (χ0) is 15.3. The van der Waals surface area contributed by atoms with Crippen molar-refractivity contribution in [3.05, 3.63) is 24.3 Å². The van der Waals surface area contributed by atoms with Gasteiger partial charge in [-0.05, 0) is 30.9 Å². The molecular weight excluding hydrogens is 284 g/mol. The molecule has 0 spiro atoms. The molecule has 1 aliphatic rings. The van der Waals surface area contributed by atoms with Gasteiger partial charge >= 0.3 is 0 Å². The van der Waals surface area contributed by atoms with Crippen molar-refractivity contribution in [1.82, 2.24) is 4.72 Å². The van der Waals surface area contributed by atoms with E-state index in [2.05, 4.69) is 17.0 Å². The molecular formula is C16H26N2O2S. The van der Waals surface area contributed by atoms with E-state index in [4.69, 9.17) is 0 Å². The van der Waals surface area contributed by atoms with Crippen molar-refractivity contribution >= 4 is 15.7 Å². The maximum atomic E-state index is 12.3. The Morgan fingerprint density at radius 2 is 1.95 bits per heavy atom. The van der Waals surface area contributed by atoms with Crippen molar-refractivity contribution in [1.29, 1.82) is 0 Å². The summed E-state index contributed by atoms with van der Waals surface area (Å²) in [6, 6.07) is 7.56. The van der Waals surface area contributed by atoms with Gasteiger partial charge in [-0.15, -0.1) is 0 Å². The summed E-state index contributed by atoms with van der Waals surface area (Å²) in [5.74, 6) is 0.758. The number of para-hydroxylation sites is 1. The number of rotatable bonds is 6. The van der Waals surface area contributed by atoms with E-state index in [0.29, 0.717) is 17.5 Å². The Bertz CT molecular complexity index is 557. The van der Waals surface area contributed by atoms with Gasteiger partial charge in [-0.3, -0.25) is 0 Å². The Morgan fingerprint density at radius 1 is 1.19 bits per heavy atom. The number of nitrogens with one attached hydrogen (secondary N) is 2. The lowest BCUT2D eigenvalue weighted by Gasteiger charge is -2.30. The highest BCUT2D eigenvalue weighted by Gasteiger charge is 2.23. The average Bonchev–Trinajstić information content (AvgIpc) is 2.48. The summed E-state index contributed by atoms with van der Waals surface area (Å²) in [7, 11) is -3.42. The first-order valence-electron chi connectivity index (χ1n) is 7.92. The Kier molecular flexibility index (Phi) is 5.65. The quantitative estimate of drug-likeness (QED) is 0.847. The molecule has 0 heterocycles. The third-order valence-electron chi connectivity index (χ3n) is 4.23. The largest absolute Gasteiger partial charge is 0.381 e. The Labute approximate surface area is 128 Å². The molecule has 0 aromatic heterocycles. The van der Waals surface area contributed by atoms with Gasteiger partial charge in [-0.2, -0.15) is 0 Å². The van der Waals surface area contributed by atoms with E-state index < -0.39 is 10.0 Å². The van der Waals surface area contributed by atoms with Crippen molar-refractivity contribution in [3.8, 4) is 0 Å². The standard InChI is InChI=1S/C16H26N2O2S/c1-3-13-8-7-9-14(12-13)18-15-10-5-6-11-16(15)21(19,20)17-4-2/h5-6,10-11,13-14,17-18H,3-4,7-9,12H2,1-2H3. The van der Waals surface area contributed by atoms with Crippen LogP contribution in [0.25, 0.3) is 0 Å². The molecule has 2 N–H and O–H groups in total. The molecule has 0 radical (unpaired) electrons. The first-order valence-corrected chi connectivity index (χ1v) is 9.40. The molecule has 0 aliphatic heterocycles. The fourth-order valence-corrected chi connectivity index (χ4v) is 4.31. The first kappa shape index (κ1) is 16.3. The van der Waals surface area contributed by atoms with Crippen LogP contribution in [0, 0.1) is 5.92 Å². The van der Waals surface area contributed by atoms with Gasteiger partial charge in [0.15, 0.2) is 0 Å².